The van der Waals surface area contributed by atoms with Gasteiger partial charge >= 0.3 is 0 Å². The molecule has 1 aliphatic heterocycles. The van der Waals surface area contributed by atoms with Crippen LogP contribution in [0.15, 0.2) is 83.3 Å². The Bertz CT molecular complexity index is 937. The molecule has 2 aromatic carbocycles. The van der Waals surface area contributed by atoms with Gasteiger partial charge in [0.05, 0.1) is 18.0 Å². The van der Waals surface area contributed by atoms with E-state index in [2.05, 4.69) is 26.8 Å². The molecule has 3 aromatic rings. The van der Waals surface area contributed by atoms with Crippen molar-refractivity contribution < 1.29 is 4.79 Å². The summed E-state index contributed by atoms with van der Waals surface area (Å²) in [7, 11) is 0. The van der Waals surface area contributed by atoms with Crippen molar-refractivity contribution in [3.63, 3.8) is 0 Å². The summed E-state index contributed by atoms with van der Waals surface area (Å²) in [6.07, 6.45) is 4.52. The van der Waals surface area contributed by atoms with Gasteiger partial charge < -0.3 is 4.57 Å². The van der Waals surface area contributed by atoms with E-state index in [9.17, 15) is 4.79 Å². The Labute approximate surface area is 162 Å². The number of benzene rings is 2. The highest BCUT2D eigenvalue weighted by Gasteiger charge is 2.22. The summed E-state index contributed by atoms with van der Waals surface area (Å²) in [4.78, 5) is 16.9. The van der Waals surface area contributed by atoms with E-state index >= 15 is 0 Å². The number of hydrazone groups is 1. The summed E-state index contributed by atoms with van der Waals surface area (Å²) < 4.78 is 2.07. The van der Waals surface area contributed by atoms with Gasteiger partial charge in [-0.15, -0.1) is 0 Å². The zero-order valence-corrected chi connectivity index (χ0v) is 15.7. The molecule has 4 rings (SSSR count). The van der Waals surface area contributed by atoms with E-state index in [0.717, 1.165) is 29.4 Å². The van der Waals surface area contributed by atoms with E-state index in [0.29, 0.717) is 12.3 Å². The van der Waals surface area contributed by atoms with Crippen molar-refractivity contribution in [3.8, 4) is 0 Å². The number of thioether (sulfide) groups is 1. The molecule has 1 aromatic heterocycles. The van der Waals surface area contributed by atoms with Crippen LogP contribution in [0, 0.1) is 0 Å². The molecule has 0 saturated heterocycles. The normalized spacial score (nSPS) is 13.6. The van der Waals surface area contributed by atoms with Crippen molar-refractivity contribution in [1.82, 2.24) is 14.6 Å². The van der Waals surface area contributed by atoms with Crippen LogP contribution in [0.5, 0.6) is 0 Å². The summed E-state index contributed by atoms with van der Waals surface area (Å²) in [6, 6.07) is 20.3. The summed E-state index contributed by atoms with van der Waals surface area (Å²) in [5.74, 6) is 0.345. The summed E-state index contributed by atoms with van der Waals surface area (Å²) in [5.41, 5.74) is 3.26. The Morgan fingerprint density at radius 1 is 1.04 bits per heavy atom. The monoisotopic (exact) mass is 376 g/mol. The van der Waals surface area contributed by atoms with Crippen LogP contribution in [0.3, 0.4) is 0 Å². The number of imidazole rings is 1. The Morgan fingerprint density at radius 2 is 1.78 bits per heavy atom. The maximum Gasteiger partial charge on any atom is 0.253 e. The van der Waals surface area contributed by atoms with Crippen molar-refractivity contribution in [1.29, 1.82) is 0 Å². The SMILES string of the molecule is O=C(CSc1nccn1Cc1ccccc1)N1CCC(c2ccccc2)=N1. The van der Waals surface area contributed by atoms with Crippen LogP contribution in [-0.2, 0) is 11.3 Å². The molecule has 136 valence electrons. The summed E-state index contributed by atoms with van der Waals surface area (Å²) in [6.45, 7) is 1.39. The molecule has 0 bridgehead atoms. The Balaban J connectivity index is 1.37. The minimum Gasteiger partial charge on any atom is -0.322 e. The quantitative estimate of drug-likeness (QED) is 0.617. The lowest BCUT2D eigenvalue weighted by molar-refractivity contribution is -0.127. The van der Waals surface area contributed by atoms with E-state index in [-0.39, 0.29) is 5.91 Å². The number of carbonyl (C=O) groups excluding carboxylic acids is 1. The van der Waals surface area contributed by atoms with Gasteiger partial charge in [-0.05, 0) is 11.1 Å². The second-order valence-corrected chi connectivity index (χ2v) is 7.23. The maximum atomic E-state index is 12.5. The first-order valence-corrected chi connectivity index (χ1v) is 9.89. The van der Waals surface area contributed by atoms with Crippen molar-refractivity contribution in [3.05, 3.63) is 84.2 Å². The highest BCUT2D eigenvalue weighted by molar-refractivity contribution is 7.99. The lowest BCUT2D eigenvalue weighted by atomic mass is 10.1. The highest BCUT2D eigenvalue weighted by atomic mass is 32.2. The van der Waals surface area contributed by atoms with Crippen LogP contribution in [-0.4, -0.2) is 38.5 Å². The first-order chi connectivity index (χ1) is 13.3. The third-order valence-corrected chi connectivity index (χ3v) is 5.38. The van der Waals surface area contributed by atoms with Gasteiger partial charge in [0, 0.05) is 25.4 Å². The molecular formula is C21H20N4OS. The number of aromatic nitrogens is 2. The lowest BCUT2D eigenvalue weighted by Crippen LogP contribution is -2.25. The van der Waals surface area contributed by atoms with Crippen LogP contribution in [0.2, 0.25) is 0 Å². The second kappa shape index (κ2) is 8.22. The van der Waals surface area contributed by atoms with E-state index < -0.39 is 0 Å². The molecule has 0 fully saturated rings. The van der Waals surface area contributed by atoms with Gasteiger partial charge in [-0.1, -0.05) is 72.4 Å². The van der Waals surface area contributed by atoms with E-state index in [1.54, 1.807) is 11.2 Å². The van der Waals surface area contributed by atoms with Crippen molar-refractivity contribution in [2.45, 2.75) is 18.1 Å². The largest absolute Gasteiger partial charge is 0.322 e. The van der Waals surface area contributed by atoms with Gasteiger partial charge in [0.15, 0.2) is 5.16 Å². The molecule has 0 aliphatic carbocycles. The zero-order valence-electron chi connectivity index (χ0n) is 14.9. The molecule has 0 N–H and O–H groups in total. The first kappa shape index (κ1) is 17.5. The Morgan fingerprint density at radius 3 is 2.56 bits per heavy atom. The average Bonchev–Trinajstić information content (AvgIpc) is 3.37. The van der Waals surface area contributed by atoms with Crippen molar-refractivity contribution >= 4 is 23.4 Å². The smallest absolute Gasteiger partial charge is 0.253 e. The molecular weight excluding hydrogens is 356 g/mol. The number of hydrogen-bond donors (Lipinski definition) is 0. The molecule has 5 nitrogen and oxygen atoms in total. The molecule has 6 heteroatoms. The van der Waals surface area contributed by atoms with Crippen LogP contribution in [0.1, 0.15) is 17.5 Å². The highest BCUT2D eigenvalue weighted by Crippen LogP contribution is 2.20. The van der Waals surface area contributed by atoms with Gasteiger partial charge in [-0.2, -0.15) is 5.10 Å². The van der Waals surface area contributed by atoms with Crippen LogP contribution in [0.25, 0.3) is 0 Å². The molecule has 2 heterocycles. The fourth-order valence-electron chi connectivity index (χ4n) is 3.01. The average molecular weight is 376 g/mol. The Kier molecular flexibility index (Phi) is 5.34. The molecule has 0 atom stereocenters. The first-order valence-electron chi connectivity index (χ1n) is 8.91. The van der Waals surface area contributed by atoms with Gasteiger partial charge in [0.1, 0.15) is 0 Å². The number of carbonyl (C=O) groups is 1. The van der Waals surface area contributed by atoms with Gasteiger partial charge in [0.2, 0.25) is 0 Å². The molecule has 0 spiro atoms. The van der Waals surface area contributed by atoms with Crippen LogP contribution < -0.4 is 0 Å². The predicted octanol–water partition coefficient (Wildman–Crippen LogP) is 3.66. The molecule has 0 unspecified atom stereocenters. The summed E-state index contributed by atoms with van der Waals surface area (Å²) >= 11 is 1.46. The van der Waals surface area contributed by atoms with E-state index in [1.165, 1.54) is 17.3 Å². The number of amides is 1. The minimum atomic E-state index is 0.0141. The number of hydrogen-bond acceptors (Lipinski definition) is 4. The molecule has 27 heavy (non-hydrogen) atoms. The van der Waals surface area contributed by atoms with E-state index in [1.807, 2.05) is 54.7 Å². The number of nitrogens with zero attached hydrogens (tertiary/aromatic N) is 4. The van der Waals surface area contributed by atoms with Crippen LogP contribution in [0.4, 0.5) is 0 Å². The van der Waals surface area contributed by atoms with Gasteiger partial charge in [-0.25, -0.2) is 9.99 Å². The van der Waals surface area contributed by atoms with Crippen molar-refractivity contribution in [2.24, 2.45) is 5.10 Å². The molecule has 0 radical (unpaired) electrons. The van der Waals surface area contributed by atoms with Crippen molar-refractivity contribution in [2.75, 3.05) is 12.3 Å². The summed E-state index contributed by atoms with van der Waals surface area (Å²) in [5, 5.41) is 6.94. The zero-order chi connectivity index (χ0) is 18.5. The third-order valence-electron chi connectivity index (χ3n) is 4.39. The minimum absolute atomic E-state index is 0.0141. The molecule has 1 amide bonds. The molecule has 0 saturated carbocycles. The third kappa shape index (κ3) is 4.28. The lowest BCUT2D eigenvalue weighted by Gasteiger charge is -2.11. The fourth-order valence-corrected chi connectivity index (χ4v) is 3.84. The van der Waals surface area contributed by atoms with E-state index in [4.69, 9.17) is 0 Å². The van der Waals surface area contributed by atoms with Gasteiger partial charge in [0.25, 0.3) is 5.91 Å². The molecule has 1 aliphatic rings. The van der Waals surface area contributed by atoms with Gasteiger partial charge in [-0.3, -0.25) is 4.79 Å². The predicted molar refractivity (Wildman–Crippen MR) is 108 cm³/mol. The second-order valence-electron chi connectivity index (χ2n) is 6.29. The topological polar surface area (TPSA) is 50.5 Å². The Hall–Kier alpha value is -2.86. The standard InChI is InChI=1S/C21H20N4OS/c26-20(25-13-11-19(23-25)18-9-5-2-6-10-18)16-27-21-22-12-14-24(21)15-17-7-3-1-4-8-17/h1-10,12,14H,11,13,15-16H2. The fraction of sp³-hybridized carbons (Fsp3) is 0.190. The maximum absolute atomic E-state index is 12.5. The number of rotatable bonds is 6. The van der Waals surface area contributed by atoms with Crippen LogP contribution >= 0.6 is 11.8 Å².